The molecule has 0 bridgehead atoms. The van der Waals surface area contributed by atoms with Crippen LogP contribution < -0.4 is 0 Å². The van der Waals surface area contributed by atoms with Crippen LogP contribution in [0.25, 0.3) is 5.69 Å². The Morgan fingerprint density at radius 1 is 1.12 bits per heavy atom. The number of hydrogen-bond donors (Lipinski definition) is 0. The Hall–Kier alpha value is -2.43. The maximum absolute atomic E-state index is 12.0. The molecule has 2 heterocycles. The summed E-state index contributed by atoms with van der Waals surface area (Å²) in [6.45, 7) is 3.74. The molecule has 0 radical (unpaired) electrons. The summed E-state index contributed by atoms with van der Waals surface area (Å²) in [4.78, 5) is 21.3. The minimum Gasteiger partial charge on any atom is -0.298 e. The summed E-state index contributed by atoms with van der Waals surface area (Å²) in [5.74, 6) is 0.665. The number of aliphatic imine (C=N–C) groups is 1. The fourth-order valence-corrected chi connectivity index (χ4v) is 3.74. The van der Waals surface area contributed by atoms with Crippen molar-refractivity contribution in [2.24, 2.45) is 4.99 Å². The monoisotopic (exact) mass is 383 g/mol. The Labute approximate surface area is 161 Å². The van der Waals surface area contributed by atoms with Crippen LogP contribution in [0, 0.1) is 6.92 Å². The van der Waals surface area contributed by atoms with Gasteiger partial charge in [0.05, 0.1) is 23.6 Å². The van der Waals surface area contributed by atoms with Gasteiger partial charge in [-0.2, -0.15) is 0 Å². The van der Waals surface area contributed by atoms with Gasteiger partial charge in [-0.25, -0.2) is 4.98 Å². The molecule has 0 atom stereocenters. The molecule has 130 valence electrons. The Morgan fingerprint density at radius 2 is 1.88 bits per heavy atom. The highest BCUT2D eigenvalue weighted by Gasteiger charge is 2.26. The lowest BCUT2D eigenvalue weighted by molar-refractivity contribution is 0.101. The number of halogens is 2. The van der Waals surface area contributed by atoms with Crippen molar-refractivity contribution in [3.8, 4) is 5.69 Å². The average molecular weight is 384 g/mol. The molecular formula is C20H15Cl2N3O. The number of rotatable bonds is 2. The molecule has 1 aliphatic heterocycles. The van der Waals surface area contributed by atoms with Crippen LogP contribution >= 0.6 is 23.2 Å². The predicted octanol–water partition coefficient (Wildman–Crippen LogP) is 5.04. The van der Waals surface area contributed by atoms with Crippen molar-refractivity contribution in [1.29, 1.82) is 0 Å². The average Bonchev–Trinajstić information content (AvgIpc) is 2.84. The minimum absolute atomic E-state index is 0.0752. The number of aromatic nitrogens is 2. The Kier molecular flexibility index (Phi) is 4.17. The molecule has 3 aromatic rings. The molecule has 0 spiro atoms. The third-order valence-electron chi connectivity index (χ3n) is 4.44. The molecule has 2 aromatic carbocycles. The smallest absolute Gasteiger partial charge is 0.180 e. The van der Waals surface area contributed by atoms with E-state index in [1.807, 2.05) is 54.0 Å². The number of fused-ring (bicyclic) bond motifs is 3. The van der Waals surface area contributed by atoms with Gasteiger partial charge in [-0.1, -0.05) is 41.4 Å². The molecule has 0 fully saturated rings. The number of aryl methyl sites for hydroxylation is 1. The third-order valence-corrected chi connectivity index (χ3v) is 5.01. The van der Waals surface area contributed by atoms with Crippen LogP contribution in [0.4, 0.5) is 0 Å². The van der Waals surface area contributed by atoms with Crippen molar-refractivity contribution < 1.29 is 4.79 Å². The minimum atomic E-state index is -0.0752. The molecule has 4 nitrogen and oxygen atoms in total. The standard InChI is InChI=1S/C20H15Cl2N3O/c1-11(26)19-18-10-23-20(14-5-3-4-6-16(14)22)15-9-13(21)7-8-17(15)25(18)12(2)24-19/h3-9H,10H2,1-2H3. The van der Waals surface area contributed by atoms with E-state index in [9.17, 15) is 4.79 Å². The van der Waals surface area contributed by atoms with Gasteiger partial charge in [-0.05, 0) is 31.2 Å². The van der Waals surface area contributed by atoms with Gasteiger partial charge in [0.1, 0.15) is 11.5 Å². The van der Waals surface area contributed by atoms with Crippen LogP contribution in [0.5, 0.6) is 0 Å². The number of imidazole rings is 1. The molecule has 26 heavy (non-hydrogen) atoms. The van der Waals surface area contributed by atoms with Crippen LogP contribution in [-0.4, -0.2) is 21.0 Å². The Balaban J connectivity index is 2.05. The lowest BCUT2D eigenvalue weighted by Gasteiger charge is -2.14. The number of carbonyl (C=O) groups is 1. The predicted molar refractivity (Wildman–Crippen MR) is 104 cm³/mol. The normalized spacial score (nSPS) is 12.8. The first-order chi connectivity index (χ1) is 12.5. The molecule has 0 saturated carbocycles. The summed E-state index contributed by atoms with van der Waals surface area (Å²) < 4.78 is 1.98. The maximum Gasteiger partial charge on any atom is 0.180 e. The second kappa shape index (κ2) is 6.38. The van der Waals surface area contributed by atoms with E-state index in [1.165, 1.54) is 6.92 Å². The van der Waals surface area contributed by atoms with E-state index in [4.69, 9.17) is 28.2 Å². The summed E-state index contributed by atoms with van der Waals surface area (Å²) in [5.41, 5.74) is 4.57. The van der Waals surface area contributed by atoms with Crippen LogP contribution in [0.2, 0.25) is 10.0 Å². The maximum atomic E-state index is 12.0. The summed E-state index contributed by atoms with van der Waals surface area (Å²) in [6, 6.07) is 13.2. The van der Waals surface area contributed by atoms with Crippen molar-refractivity contribution >= 4 is 34.7 Å². The first kappa shape index (κ1) is 17.0. The first-order valence-corrected chi connectivity index (χ1v) is 8.91. The lowest BCUT2D eigenvalue weighted by Crippen LogP contribution is -2.08. The number of hydrogen-bond acceptors (Lipinski definition) is 3. The van der Waals surface area contributed by atoms with Crippen LogP contribution in [0.3, 0.4) is 0 Å². The van der Waals surface area contributed by atoms with Crippen LogP contribution in [0.15, 0.2) is 47.5 Å². The molecule has 0 aliphatic carbocycles. The van der Waals surface area contributed by atoms with Gasteiger partial charge in [0.25, 0.3) is 0 Å². The number of carbonyl (C=O) groups excluding carboxylic acids is 1. The number of Topliss-reactive ketones (excluding diaryl/α,β-unsaturated/α-hetero) is 1. The third kappa shape index (κ3) is 2.66. The van der Waals surface area contributed by atoms with E-state index in [0.717, 1.165) is 34.0 Å². The van der Waals surface area contributed by atoms with Crippen LogP contribution in [0.1, 0.15) is 40.1 Å². The lowest BCUT2D eigenvalue weighted by atomic mass is 10.0. The number of ketones is 1. The quantitative estimate of drug-likeness (QED) is 0.581. The topological polar surface area (TPSA) is 47.2 Å². The molecule has 1 aliphatic rings. The largest absolute Gasteiger partial charge is 0.298 e. The zero-order valence-corrected chi connectivity index (χ0v) is 15.8. The van der Waals surface area contributed by atoms with Crippen LogP contribution in [-0.2, 0) is 6.54 Å². The van der Waals surface area contributed by atoms with Gasteiger partial charge in [-0.15, -0.1) is 0 Å². The van der Waals surface area contributed by atoms with Gasteiger partial charge < -0.3 is 0 Å². The molecule has 4 rings (SSSR count). The SMILES string of the molecule is CC(=O)c1nc(C)n2c1CN=C(c1ccccc1Cl)c1cc(Cl)ccc1-2. The highest BCUT2D eigenvalue weighted by molar-refractivity contribution is 6.36. The molecule has 0 N–H and O–H groups in total. The molecule has 0 unspecified atom stereocenters. The number of nitrogens with zero attached hydrogens (tertiary/aromatic N) is 3. The molecule has 0 amide bonds. The van der Waals surface area contributed by atoms with Gasteiger partial charge in [0, 0.05) is 28.1 Å². The van der Waals surface area contributed by atoms with Crippen molar-refractivity contribution in [2.45, 2.75) is 20.4 Å². The van der Waals surface area contributed by atoms with E-state index in [2.05, 4.69) is 4.98 Å². The van der Waals surface area contributed by atoms with Crippen molar-refractivity contribution in [1.82, 2.24) is 9.55 Å². The van der Waals surface area contributed by atoms with E-state index in [-0.39, 0.29) is 5.78 Å². The Morgan fingerprint density at radius 3 is 2.62 bits per heavy atom. The summed E-state index contributed by atoms with van der Waals surface area (Å²) in [6.07, 6.45) is 0. The van der Waals surface area contributed by atoms with Crippen molar-refractivity contribution in [3.05, 3.63) is 80.8 Å². The van der Waals surface area contributed by atoms with E-state index < -0.39 is 0 Å². The molecule has 0 saturated heterocycles. The number of benzene rings is 2. The van der Waals surface area contributed by atoms with Gasteiger partial charge in [0.15, 0.2) is 5.78 Å². The fourth-order valence-electron chi connectivity index (χ4n) is 3.34. The summed E-state index contributed by atoms with van der Waals surface area (Å²) in [7, 11) is 0. The first-order valence-electron chi connectivity index (χ1n) is 8.16. The van der Waals surface area contributed by atoms with E-state index in [1.54, 1.807) is 0 Å². The molecule has 6 heteroatoms. The molecule has 1 aromatic heterocycles. The fraction of sp³-hybridized carbons (Fsp3) is 0.150. The molecular weight excluding hydrogens is 369 g/mol. The van der Waals surface area contributed by atoms with Gasteiger partial charge >= 0.3 is 0 Å². The Bertz CT molecular complexity index is 1080. The summed E-state index contributed by atoms with van der Waals surface area (Å²) in [5, 5.41) is 1.22. The highest BCUT2D eigenvalue weighted by Crippen LogP contribution is 2.32. The second-order valence-electron chi connectivity index (χ2n) is 6.15. The van der Waals surface area contributed by atoms with Crippen molar-refractivity contribution in [3.63, 3.8) is 0 Å². The highest BCUT2D eigenvalue weighted by atomic mass is 35.5. The second-order valence-corrected chi connectivity index (χ2v) is 7.00. The van der Waals surface area contributed by atoms with Gasteiger partial charge in [0.2, 0.25) is 0 Å². The van der Waals surface area contributed by atoms with Crippen molar-refractivity contribution in [2.75, 3.05) is 0 Å². The zero-order valence-electron chi connectivity index (χ0n) is 14.3. The van der Waals surface area contributed by atoms with E-state index >= 15 is 0 Å². The summed E-state index contributed by atoms with van der Waals surface area (Å²) >= 11 is 12.7. The van der Waals surface area contributed by atoms with Gasteiger partial charge in [-0.3, -0.25) is 14.4 Å². The zero-order chi connectivity index (χ0) is 18.4. The van der Waals surface area contributed by atoms with E-state index in [0.29, 0.717) is 22.3 Å².